The SMILES string of the molecule is CCN(CC)C(=O)C1CC(NC(=O)c2ccnn2C)CN1C1CCCC1. The van der Waals surface area contributed by atoms with Gasteiger partial charge in [-0.25, -0.2) is 0 Å². The van der Waals surface area contributed by atoms with Crippen molar-refractivity contribution in [3.05, 3.63) is 18.0 Å². The Balaban J connectivity index is 1.72. The molecule has 7 nitrogen and oxygen atoms in total. The number of carbonyl (C=O) groups is 2. The van der Waals surface area contributed by atoms with Crippen molar-refractivity contribution in [3.63, 3.8) is 0 Å². The second kappa shape index (κ2) is 8.20. The second-order valence-electron chi connectivity index (χ2n) is 7.41. The Labute approximate surface area is 155 Å². The topological polar surface area (TPSA) is 70.5 Å². The Bertz CT molecular complexity index is 634. The minimum Gasteiger partial charge on any atom is -0.347 e. The number of hydrogen-bond acceptors (Lipinski definition) is 4. The predicted molar refractivity (Wildman–Crippen MR) is 99.8 cm³/mol. The number of hydrogen-bond donors (Lipinski definition) is 1. The number of rotatable bonds is 6. The van der Waals surface area contributed by atoms with Crippen molar-refractivity contribution in [1.82, 2.24) is 24.9 Å². The molecule has 1 saturated heterocycles. The van der Waals surface area contributed by atoms with Crippen molar-refractivity contribution in [2.75, 3.05) is 19.6 Å². The molecule has 2 heterocycles. The number of aryl methyl sites for hydroxylation is 1. The van der Waals surface area contributed by atoms with E-state index in [-0.39, 0.29) is 23.9 Å². The van der Waals surface area contributed by atoms with Crippen LogP contribution < -0.4 is 5.32 Å². The maximum Gasteiger partial charge on any atom is 0.269 e. The van der Waals surface area contributed by atoms with Gasteiger partial charge in [0.05, 0.1) is 6.04 Å². The monoisotopic (exact) mass is 361 g/mol. The van der Waals surface area contributed by atoms with Gasteiger partial charge < -0.3 is 10.2 Å². The van der Waals surface area contributed by atoms with Crippen LogP contribution in [0, 0.1) is 0 Å². The van der Waals surface area contributed by atoms with Gasteiger partial charge in [0.2, 0.25) is 5.91 Å². The molecule has 1 aromatic heterocycles. The van der Waals surface area contributed by atoms with Crippen molar-refractivity contribution in [2.45, 2.75) is 64.1 Å². The minimum atomic E-state index is -0.116. The molecule has 1 aliphatic heterocycles. The summed E-state index contributed by atoms with van der Waals surface area (Å²) in [6, 6.07) is 2.08. The van der Waals surface area contributed by atoms with Crippen LogP contribution in [0.4, 0.5) is 0 Å². The molecule has 1 aliphatic carbocycles. The lowest BCUT2D eigenvalue weighted by molar-refractivity contribution is -0.136. The standard InChI is InChI=1S/C19H31N5O2/c1-4-23(5-2)19(26)17-12-14(13-24(17)15-8-6-7-9-15)21-18(25)16-10-11-20-22(16)3/h10-11,14-15,17H,4-9,12-13H2,1-3H3,(H,21,25). The summed E-state index contributed by atoms with van der Waals surface area (Å²) in [5.74, 6) is 0.0940. The van der Waals surface area contributed by atoms with Gasteiger partial charge in [0.25, 0.3) is 5.91 Å². The van der Waals surface area contributed by atoms with Crippen LogP contribution in [0.15, 0.2) is 12.3 Å². The fourth-order valence-electron chi connectivity index (χ4n) is 4.45. The van der Waals surface area contributed by atoms with Crippen molar-refractivity contribution in [1.29, 1.82) is 0 Å². The van der Waals surface area contributed by atoms with Crippen LogP contribution in [0.2, 0.25) is 0 Å². The van der Waals surface area contributed by atoms with E-state index in [1.807, 2.05) is 18.7 Å². The van der Waals surface area contributed by atoms with Gasteiger partial charge in [-0.05, 0) is 39.2 Å². The Kier molecular flexibility index (Phi) is 5.96. The summed E-state index contributed by atoms with van der Waals surface area (Å²) in [7, 11) is 1.76. The van der Waals surface area contributed by atoms with Gasteiger partial charge in [0, 0.05) is 45.0 Å². The molecule has 144 valence electrons. The molecule has 2 atom stereocenters. The smallest absolute Gasteiger partial charge is 0.269 e. The van der Waals surface area contributed by atoms with E-state index < -0.39 is 0 Å². The maximum absolute atomic E-state index is 13.0. The van der Waals surface area contributed by atoms with Crippen LogP contribution in [-0.4, -0.2) is 69.2 Å². The molecule has 2 aliphatic rings. The zero-order valence-electron chi connectivity index (χ0n) is 16.1. The summed E-state index contributed by atoms with van der Waals surface area (Å²) < 4.78 is 1.58. The van der Waals surface area contributed by atoms with Crippen molar-refractivity contribution < 1.29 is 9.59 Å². The molecule has 0 aromatic carbocycles. The molecule has 0 radical (unpaired) electrons. The normalized spacial score (nSPS) is 24.1. The van der Waals surface area contributed by atoms with Crippen LogP contribution in [-0.2, 0) is 11.8 Å². The third kappa shape index (κ3) is 3.77. The van der Waals surface area contributed by atoms with E-state index in [1.54, 1.807) is 24.0 Å². The van der Waals surface area contributed by atoms with Crippen molar-refractivity contribution in [2.24, 2.45) is 7.05 Å². The average molecular weight is 361 g/mol. The zero-order chi connectivity index (χ0) is 18.7. The highest BCUT2D eigenvalue weighted by atomic mass is 16.2. The average Bonchev–Trinajstić information content (AvgIpc) is 3.35. The molecule has 0 spiro atoms. The highest BCUT2D eigenvalue weighted by molar-refractivity contribution is 5.92. The number of likely N-dealkylation sites (N-methyl/N-ethyl adjacent to an activating group) is 1. The third-order valence-corrected chi connectivity index (χ3v) is 5.88. The molecule has 1 aromatic rings. The molecular formula is C19H31N5O2. The lowest BCUT2D eigenvalue weighted by atomic mass is 10.1. The van der Waals surface area contributed by atoms with Gasteiger partial charge in [-0.15, -0.1) is 0 Å². The van der Waals surface area contributed by atoms with Gasteiger partial charge in [0.1, 0.15) is 5.69 Å². The van der Waals surface area contributed by atoms with Crippen LogP contribution in [0.25, 0.3) is 0 Å². The number of nitrogens with one attached hydrogen (secondary N) is 1. The quantitative estimate of drug-likeness (QED) is 0.832. The summed E-state index contributed by atoms with van der Waals surface area (Å²) in [5, 5.41) is 7.19. The summed E-state index contributed by atoms with van der Waals surface area (Å²) in [6.07, 6.45) is 7.10. The number of nitrogens with zero attached hydrogens (tertiary/aromatic N) is 4. The van der Waals surface area contributed by atoms with Crippen LogP contribution in [0.1, 0.15) is 56.4 Å². The third-order valence-electron chi connectivity index (χ3n) is 5.88. The van der Waals surface area contributed by atoms with Crippen molar-refractivity contribution >= 4 is 11.8 Å². The molecule has 1 saturated carbocycles. The van der Waals surface area contributed by atoms with Crippen LogP contribution >= 0.6 is 0 Å². The van der Waals surface area contributed by atoms with Gasteiger partial charge in [-0.2, -0.15) is 5.10 Å². The summed E-state index contributed by atoms with van der Waals surface area (Å²) in [5.41, 5.74) is 0.552. The summed E-state index contributed by atoms with van der Waals surface area (Å²) >= 11 is 0. The predicted octanol–water partition coefficient (Wildman–Crippen LogP) is 1.40. The van der Waals surface area contributed by atoms with Gasteiger partial charge in [-0.3, -0.25) is 19.2 Å². The Morgan fingerprint density at radius 1 is 1.27 bits per heavy atom. The Hall–Kier alpha value is -1.89. The molecule has 7 heteroatoms. The van der Waals surface area contributed by atoms with E-state index in [1.165, 1.54) is 12.8 Å². The number of carbonyl (C=O) groups excluding carboxylic acids is 2. The zero-order valence-corrected chi connectivity index (χ0v) is 16.1. The number of aromatic nitrogens is 2. The molecule has 2 unspecified atom stereocenters. The van der Waals surface area contributed by atoms with E-state index >= 15 is 0 Å². The fourth-order valence-corrected chi connectivity index (χ4v) is 4.45. The van der Waals surface area contributed by atoms with Crippen LogP contribution in [0.5, 0.6) is 0 Å². The Morgan fingerprint density at radius 3 is 2.54 bits per heavy atom. The van der Waals surface area contributed by atoms with E-state index in [0.717, 1.165) is 32.5 Å². The number of likely N-dealkylation sites (tertiary alicyclic amines) is 1. The molecule has 26 heavy (non-hydrogen) atoms. The molecule has 1 N–H and O–H groups in total. The maximum atomic E-state index is 13.0. The first-order valence-electron chi connectivity index (χ1n) is 9.88. The lowest BCUT2D eigenvalue weighted by Gasteiger charge is -2.32. The van der Waals surface area contributed by atoms with Gasteiger partial charge in [0.15, 0.2) is 0 Å². The van der Waals surface area contributed by atoms with E-state index in [9.17, 15) is 9.59 Å². The molecular weight excluding hydrogens is 330 g/mol. The summed E-state index contributed by atoms with van der Waals surface area (Å²) in [4.78, 5) is 29.9. The van der Waals surface area contributed by atoms with E-state index in [4.69, 9.17) is 0 Å². The van der Waals surface area contributed by atoms with Crippen molar-refractivity contribution in [3.8, 4) is 0 Å². The first-order valence-corrected chi connectivity index (χ1v) is 9.88. The highest BCUT2D eigenvalue weighted by Gasteiger charge is 2.42. The molecule has 2 amide bonds. The lowest BCUT2D eigenvalue weighted by Crippen LogP contribution is -2.48. The van der Waals surface area contributed by atoms with E-state index in [2.05, 4.69) is 15.3 Å². The molecule has 0 bridgehead atoms. The summed E-state index contributed by atoms with van der Waals surface area (Å²) in [6.45, 7) is 6.27. The molecule has 3 rings (SSSR count). The molecule has 2 fully saturated rings. The second-order valence-corrected chi connectivity index (χ2v) is 7.41. The fraction of sp³-hybridized carbons (Fsp3) is 0.737. The first kappa shape index (κ1) is 18.9. The minimum absolute atomic E-state index is 0.00233. The van der Waals surface area contributed by atoms with E-state index in [0.29, 0.717) is 18.2 Å². The Morgan fingerprint density at radius 2 is 1.96 bits per heavy atom. The van der Waals surface area contributed by atoms with Gasteiger partial charge in [-0.1, -0.05) is 12.8 Å². The number of amides is 2. The highest BCUT2D eigenvalue weighted by Crippen LogP contribution is 2.31. The largest absolute Gasteiger partial charge is 0.347 e. The first-order chi connectivity index (χ1) is 12.5. The van der Waals surface area contributed by atoms with Gasteiger partial charge >= 0.3 is 0 Å². The van der Waals surface area contributed by atoms with Crippen LogP contribution in [0.3, 0.4) is 0 Å².